The van der Waals surface area contributed by atoms with E-state index in [2.05, 4.69) is 23.2 Å². The number of thioether (sulfide) groups is 1. The van der Waals surface area contributed by atoms with Gasteiger partial charge in [0.2, 0.25) is 0 Å². The standard InChI is InChI=1S/C18H14N2O3S2/c1-2-11-5-6-13-12(9-16(21)22-14(13)8-11)10-25-18-20-19-17(23-18)15-4-3-7-24-15/h3-9H,2,10H2,1H3. The van der Waals surface area contributed by atoms with Crippen LogP contribution in [0.4, 0.5) is 0 Å². The Morgan fingerprint density at radius 2 is 2.08 bits per heavy atom. The summed E-state index contributed by atoms with van der Waals surface area (Å²) in [5.41, 5.74) is 2.31. The van der Waals surface area contributed by atoms with E-state index in [1.54, 1.807) is 11.3 Å². The van der Waals surface area contributed by atoms with Crippen molar-refractivity contribution in [1.82, 2.24) is 10.2 Å². The lowest BCUT2D eigenvalue weighted by atomic mass is 10.1. The molecular weight excluding hydrogens is 356 g/mol. The Morgan fingerprint density at radius 1 is 1.16 bits per heavy atom. The van der Waals surface area contributed by atoms with Crippen molar-refractivity contribution in [3.63, 3.8) is 0 Å². The van der Waals surface area contributed by atoms with Gasteiger partial charge in [0.25, 0.3) is 11.1 Å². The van der Waals surface area contributed by atoms with Crippen molar-refractivity contribution in [2.24, 2.45) is 0 Å². The summed E-state index contributed by atoms with van der Waals surface area (Å²) in [6, 6.07) is 11.4. The van der Waals surface area contributed by atoms with Crippen molar-refractivity contribution in [3.05, 3.63) is 63.3 Å². The van der Waals surface area contributed by atoms with E-state index in [1.165, 1.54) is 17.8 Å². The van der Waals surface area contributed by atoms with Crippen LogP contribution in [-0.4, -0.2) is 10.2 Å². The van der Waals surface area contributed by atoms with Crippen molar-refractivity contribution < 1.29 is 8.83 Å². The zero-order valence-electron chi connectivity index (χ0n) is 13.4. The molecule has 0 saturated carbocycles. The zero-order valence-corrected chi connectivity index (χ0v) is 15.0. The normalized spacial score (nSPS) is 11.2. The fraction of sp³-hybridized carbons (Fsp3) is 0.167. The lowest BCUT2D eigenvalue weighted by molar-refractivity contribution is 0.466. The highest BCUT2D eigenvalue weighted by Crippen LogP contribution is 2.29. The molecule has 0 unspecified atom stereocenters. The highest BCUT2D eigenvalue weighted by atomic mass is 32.2. The van der Waals surface area contributed by atoms with Crippen LogP contribution in [0.3, 0.4) is 0 Å². The summed E-state index contributed by atoms with van der Waals surface area (Å²) in [4.78, 5) is 12.8. The SMILES string of the molecule is CCc1ccc2c(CSc3nnc(-c4cccs4)o3)cc(=O)oc2c1. The van der Waals surface area contributed by atoms with Gasteiger partial charge in [-0.3, -0.25) is 0 Å². The van der Waals surface area contributed by atoms with Gasteiger partial charge in [-0.2, -0.15) is 0 Å². The lowest BCUT2D eigenvalue weighted by Crippen LogP contribution is -2.00. The van der Waals surface area contributed by atoms with Crippen LogP contribution < -0.4 is 5.63 Å². The number of hydrogen-bond donors (Lipinski definition) is 0. The summed E-state index contributed by atoms with van der Waals surface area (Å²) in [5.74, 6) is 1.07. The first kappa shape index (κ1) is 16.1. The van der Waals surface area contributed by atoms with Crippen LogP contribution in [0.2, 0.25) is 0 Å². The molecule has 7 heteroatoms. The highest BCUT2D eigenvalue weighted by Gasteiger charge is 2.12. The number of aryl methyl sites for hydroxylation is 1. The third-order valence-electron chi connectivity index (χ3n) is 3.79. The van der Waals surface area contributed by atoms with Crippen molar-refractivity contribution in [2.75, 3.05) is 0 Å². The Balaban J connectivity index is 1.59. The van der Waals surface area contributed by atoms with Crippen LogP contribution in [0, 0.1) is 0 Å². The number of rotatable bonds is 5. The predicted octanol–water partition coefficient (Wildman–Crippen LogP) is 4.76. The van der Waals surface area contributed by atoms with Gasteiger partial charge in [-0.1, -0.05) is 36.9 Å². The predicted molar refractivity (Wildman–Crippen MR) is 99.0 cm³/mol. The minimum atomic E-state index is -0.346. The van der Waals surface area contributed by atoms with E-state index >= 15 is 0 Å². The molecule has 3 aromatic heterocycles. The molecule has 0 N–H and O–H groups in total. The first-order valence-electron chi connectivity index (χ1n) is 7.79. The van der Waals surface area contributed by atoms with E-state index in [0.29, 0.717) is 22.4 Å². The molecule has 0 aliphatic carbocycles. The number of thiophene rings is 1. The lowest BCUT2D eigenvalue weighted by Gasteiger charge is -2.05. The van der Waals surface area contributed by atoms with E-state index in [9.17, 15) is 4.79 Å². The Labute approximate surface area is 151 Å². The Bertz CT molecular complexity index is 1070. The molecule has 25 heavy (non-hydrogen) atoms. The van der Waals surface area contributed by atoms with Gasteiger partial charge >= 0.3 is 5.63 Å². The quantitative estimate of drug-likeness (QED) is 0.373. The van der Waals surface area contributed by atoms with E-state index in [4.69, 9.17) is 8.83 Å². The first-order valence-corrected chi connectivity index (χ1v) is 9.65. The van der Waals surface area contributed by atoms with Crippen LogP contribution in [0.5, 0.6) is 0 Å². The van der Waals surface area contributed by atoms with E-state index < -0.39 is 0 Å². The largest absolute Gasteiger partial charge is 0.423 e. The summed E-state index contributed by atoms with van der Waals surface area (Å²) in [7, 11) is 0. The van der Waals surface area contributed by atoms with E-state index in [1.807, 2.05) is 29.6 Å². The van der Waals surface area contributed by atoms with E-state index in [0.717, 1.165) is 27.8 Å². The third kappa shape index (κ3) is 3.38. The van der Waals surface area contributed by atoms with Gasteiger partial charge in [-0.25, -0.2) is 4.79 Å². The summed E-state index contributed by atoms with van der Waals surface area (Å²) in [6.45, 7) is 2.07. The number of nitrogens with zero attached hydrogens (tertiary/aromatic N) is 2. The molecule has 0 radical (unpaired) electrons. The van der Waals surface area contributed by atoms with Crippen LogP contribution in [0.25, 0.3) is 21.7 Å². The molecule has 0 saturated heterocycles. The molecule has 0 bridgehead atoms. The molecule has 0 aliphatic heterocycles. The van der Waals surface area contributed by atoms with Gasteiger partial charge < -0.3 is 8.83 Å². The van der Waals surface area contributed by atoms with Gasteiger partial charge in [0.15, 0.2) is 0 Å². The number of aromatic nitrogens is 2. The average Bonchev–Trinajstić information content (AvgIpc) is 3.30. The molecule has 0 spiro atoms. The van der Waals surface area contributed by atoms with Gasteiger partial charge in [0.05, 0.1) is 4.88 Å². The van der Waals surface area contributed by atoms with Gasteiger partial charge in [0, 0.05) is 17.2 Å². The van der Waals surface area contributed by atoms with Crippen molar-refractivity contribution in [2.45, 2.75) is 24.3 Å². The minimum absolute atomic E-state index is 0.346. The maximum absolute atomic E-state index is 11.8. The second kappa shape index (κ2) is 6.85. The zero-order chi connectivity index (χ0) is 17.2. The van der Waals surface area contributed by atoms with Crippen LogP contribution >= 0.6 is 23.1 Å². The van der Waals surface area contributed by atoms with Crippen molar-refractivity contribution >= 4 is 34.1 Å². The van der Waals surface area contributed by atoms with Gasteiger partial charge in [-0.15, -0.1) is 21.5 Å². The minimum Gasteiger partial charge on any atom is -0.423 e. The van der Waals surface area contributed by atoms with Gasteiger partial charge in [0.1, 0.15) is 5.58 Å². The first-order chi connectivity index (χ1) is 12.2. The Kier molecular flexibility index (Phi) is 4.42. The van der Waals surface area contributed by atoms with Gasteiger partial charge in [-0.05, 0) is 35.1 Å². The van der Waals surface area contributed by atoms with E-state index in [-0.39, 0.29) is 5.63 Å². The number of benzene rings is 1. The molecule has 4 aromatic rings. The smallest absolute Gasteiger partial charge is 0.336 e. The summed E-state index contributed by atoms with van der Waals surface area (Å²) < 4.78 is 11.0. The molecule has 5 nitrogen and oxygen atoms in total. The maximum Gasteiger partial charge on any atom is 0.336 e. The highest BCUT2D eigenvalue weighted by molar-refractivity contribution is 7.98. The van der Waals surface area contributed by atoms with Crippen LogP contribution in [-0.2, 0) is 12.2 Å². The number of hydrogen-bond acceptors (Lipinski definition) is 7. The van der Waals surface area contributed by atoms with Crippen LogP contribution in [0.15, 0.2) is 60.6 Å². The second-order valence-electron chi connectivity index (χ2n) is 5.41. The average molecular weight is 370 g/mol. The summed E-state index contributed by atoms with van der Waals surface area (Å²) in [6.07, 6.45) is 0.895. The molecule has 3 heterocycles. The Morgan fingerprint density at radius 3 is 2.88 bits per heavy atom. The summed E-state index contributed by atoms with van der Waals surface area (Å²) >= 11 is 2.96. The molecule has 0 amide bonds. The topological polar surface area (TPSA) is 69.1 Å². The molecule has 0 atom stereocenters. The maximum atomic E-state index is 11.8. The Hall–Kier alpha value is -2.38. The fourth-order valence-electron chi connectivity index (χ4n) is 2.52. The molecular formula is C18H14N2O3S2. The second-order valence-corrected chi connectivity index (χ2v) is 7.29. The molecule has 0 aliphatic rings. The van der Waals surface area contributed by atoms with Crippen LogP contribution in [0.1, 0.15) is 18.1 Å². The van der Waals surface area contributed by atoms with Crippen molar-refractivity contribution in [1.29, 1.82) is 0 Å². The molecule has 0 fully saturated rings. The molecule has 126 valence electrons. The fourth-order valence-corrected chi connectivity index (χ4v) is 3.92. The number of fused-ring (bicyclic) bond motifs is 1. The summed E-state index contributed by atoms with van der Waals surface area (Å²) in [5, 5.41) is 11.5. The molecule has 1 aromatic carbocycles. The molecule has 4 rings (SSSR count). The third-order valence-corrected chi connectivity index (χ3v) is 5.52. The monoisotopic (exact) mass is 370 g/mol. The van der Waals surface area contributed by atoms with Crippen molar-refractivity contribution in [3.8, 4) is 10.8 Å².